The lowest BCUT2D eigenvalue weighted by atomic mass is 9.78. The van der Waals surface area contributed by atoms with Gasteiger partial charge in [0.05, 0.1) is 0 Å². The molecule has 0 radical (unpaired) electrons. The number of rotatable bonds is 17. The molecular weight excluding hydrogens is 434 g/mol. The first kappa shape index (κ1) is 32.7. The highest BCUT2D eigenvalue weighted by Gasteiger charge is 2.21. The van der Waals surface area contributed by atoms with E-state index in [1.807, 2.05) is 0 Å². The van der Waals surface area contributed by atoms with Crippen molar-refractivity contribution < 1.29 is 1.43 Å². The zero-order chi connectivity index (χ0) is 27.3. The minimum atomic E-state index is 0. The van der Waals surface area contributed by atoms with Crippen LogP contribution >= 0.6 is 0 Å². The van der Waals surface area contributed by atoms with Crippen molar-refractivity contribution in [3.8, 4) is 0 Å². The highest BCUT2D eigenvalue weighted by molar-refractivity contribution is 5.28. The van der Waals surface area contributed by atoms with E-state index in [9.17, 15) is 0 Å². The molecule has 0 aliphatic heterocycles. The number of benzene rings is 1. The second-order valence-electron chi connectivity index (χ2n) is 12.6. The highest BCUT2D eigenvalue weighted by atomic mass is 14.6. The fourth-order valence-corrected chi connectivity index (χ4v) is 5.47. The van der Waals surface area contributed by atoms with Crippen molar-refractivity contribution in [2.24, 2.45) is 35.3 Å². The lowest BCUT2D eigenvalue weighted by Crippen LogP contribution is -2.23. The molecule has 0 saturated carbocycles. The average Bonchev–Trinajstić information content (AvgIpc) is 2.82. The van der Waals surface area contributed by atoms with E-state index in [0.717, 1.165) is 18.3 Å². The maximum atomic E-state index is 6.06. The van der Waals surface area contributed by atoms with Crippen LogP contribution < -0.4 is 5.73 Å². The number of hydrogen-bond acceptors (Lipinski definition) is 1. The van der Waals surface area contributed by atoms with Gasteiger partial charge >= 0.3 is 0 Å². The number of nitrogens with two attached hydrogens (primary N) is 1. The SMILES string of the molecule is CCCC(CCc1ccc([C@H](CCC/C(C)=C/CC(C)[C@H](C)N)[C@H](C)/C(C)=C/C(C)C)cc1)C(C)C.[HH]. The summed E-state index contributed by atoms with van der Waals surface area (Å²) in [5, 5.41) is 0. The van der Waals surface area contributed by atoms with Crippen LogP contribution in [0, 0.1) is 29.6 Å². The summed E-state index contributed by atoms with van der Waals surface area (Å²) in [6.45, 7) is 23.1. The van der Waals surface area contributed by atoms with E-state index < -0.39 is 0 Å². The number of hydrogen-bond donors (Lipinski definition) is 1. The van der Waals surface area contributed by atoms with E-state index in [-0.39, 0.29) is 7.47 Å². The van der Waals surface area contributed by atoms with E-state index in [2.05, 4.69) is 106 Å². The Kier molecular flexibility index (Phi) is 15.6. The van der Waals surface area contributed by atoms with E-state index in [1.165, 1.54) is 67.2 Å². The van der Waals surface area contributed by atoms with Crippen molar-refractivity contribution in [3.05, 3.63) is 58.7 Å². The second kappa shape index (κ2) is 17.2. The van der Waals surface area contributed by atoms with Crippen molar-refractivity contribution in [3.63, 3.8) is 0 Å². The molecule has 0 fully saturated rings. The summed E-state index contributed by atoms with van der Waals surface area (Å²) in [5.74, 6) is 3.92. The summed E-state index contributed by atoms with van der Waals surface area (Å²) in [6.07, 6.45) is 14.8. The molecule has 1 nitrogen and oxygen atoms in total. The third kappa shape index (κ3) is 12.3. The summed E-state index contributed by atoms with van der Waals surface area (Å²) in [6, 6.07) is 9.98. The van der Waals surface area contributed by atoms with Crippen LogP contribution in [0.2, 0.25) is 0 Å². The molecule has 1 aromatic rings. The van der Waals surface area contributed by atoms with Gasteiger partial charge in [-0.25, -0.2) is 0 Å². The summed E-state index contributed by atoms with van der Waals surface area (Å²) in [4.78, 5) is 0. The molecule has 0 amide bonds. The Morgan fingerprint density at radius 2 is 1.56 bits per heavy atom. The highest BCUT2D eigenvalue weighted by Crippen LogP contribution is 2.35. The quantitative estimate of drug-likeness (QED) is 0.213. The summed E-state index contributed by atoms with van der Waals surface area (Å²) >= 11 is 0. The largest absolute Gasteiger partial charge is 0.328 e. The van der Waals surface area contributed by atoms with Crippen molar-refractivity contribution >= 4 is 0 Å². The molecule has 1 rings (SSSR count). The summed E-state index contributed by atoms with van der Waals surface area (Å²) in [5.41, 5.74) is 12.1. The molecule has 0 heterocycles. The average molecular weight is 498 g/mol. The standard InChI is InChI=1S/C35H61N.H2/c1-11-13-33(26(4)5)21-18-32-19-22-34(23-20-32)35(30(9)29(8)24-25(2)3)15-12-14-27(6)16-17-28(7)31(10)36;/h16,19-20,22-26,28,30-31,33,35H,11-15,17-18,21,36H2,1-10H3;1H/b27-16+,29-24+;/t28?,30-,31+,33?,35-;/m1./s1. The van der Waals surface area contributed by atoms with Crippen LogP contribution in [0.15, 0.2) is 47.6 Å². The Morgan fingerprint density at radius 1 is 0.917 bits per heavy atom. The molecule has 0 aromatic heterocycles. The fraction of sp³-hybridized carbons (Fsp3) is 0.714. The molecule has 2 unspecified atom stereocenters. The van der Waals surface area contributed by atoms with Crippen LogP contribution in [-0.4, -0.2) is 6.04 Å². The van der Waals surface area contributed by atoms with E-state index in [1.54, 1.807) is 0 Å². The smallest absolute Gasteiger partial charge is 0.00390 e. The minimum Gasteiger partial charge on any atom is -0.328 e. The van der Waals surface area contributed by atoms with Gasteiger partial charge in [0, 0.05) is 7.47 Å². The minimum absolute atomic E-state index is 0. The lowest BCUT2D eigenvalue weighted by molar-refractivity contribution is 0.334. The van der Waals surface area contributed by atoms with Crippen LogP contribution in [-0.2, 0) is 6.42 Å². The van der Waals surface area contributed by atoms with Gasteiger partial charge in [-0.3, -0.25) is 0 Å². The van der Waals surface area contributed by atoms with Crippen molar-refractivity contribution in [2.75, 3.05) is 0 Å². The monoisotopic (exact) mass is 497 g/mol. The Balaban J connectivity index is 0.0000130. The third-order valence-corrected chi connectivity index (χ3v) is 8.55. The molecule has 208 valence electrons. The van der Waals surface area contributed by atoms with Crippen LogP contribution in [0.3, 0.4) is 0 Å². The first-order valence-corrected chi connectivity index (χ1v) is 15.1. The van der Waals surface area contributed by atoms with Gasteiger partial charge in [-0.15, -0.1) is 0 Å². The molecular formula is C35H63N. The van der Waals surface area contributed by atoms with Crippen LogP contribution in [0.1, 0.15) is 133 Å². The first-order valence-electron chi connectivity index (χ1n) is 15.1. The zero-order valence-electron chi connectivity index (χ0n) is 25.7. The molecule has 1 heteroatoms. The van der Waals surface area contributed by atoms with E-state index >= 15 is 0 Å². The van der Waals surface area contributed by atoms with Gasteiger partial charge < -0.3 is 5.73 Å². The zero-order valence-corrected chi connectivity index (χ0v) is 25.7. The Labute approximate surface area is 227 Å². The van der Waals surface area contributed by atoms with Gasteiger partial charge in [-0.05, 0) is 106 Å². The number of allylic oxidation sites excluding steroid dienone is 4. The van der Waals surface area contributed by atoms with Gasteiger partial charge in [0.15, 0.2) is 0 Å². The summed E-state index contributed by atoms with van der Waals surface area (Å²) in [7, 11) is 0. The van der Waals surface area contributed by atoms with Crippen LogP contribution in [0.5, 0.6) is 0 Å². The van der Waals surface area contributed by atoms with Crippen molar-refractivity contribution in [1.29, 1.82) is 0 Å². The van der Waals surface area contributed by atoms with Gasteiger partial charge in [-0.1, -0.05) is 109 Å². The molecule has 5 atom stereocenters. The number of aryl methyl sites for hydroxylation is 1. The Bertz CT molecular complexity index is 771. The predicted molar refractivity (Wildman–Crippen MR) is 166 cm³/mol. The normalized spacial score (nSPS) is 17.4. The van der Waals surface area contributed by atoms with E-state index in [0.29, 0.717) is 23.7 Å². The topological polar surface area (TPSA) is 26.0 Å². The predicted octanol–water partition coefficient (Wildman–Crippen LogP) is 10.7. The molecule has 0 spiro atoms. The molecule has 2 N–H and O–H groups in total. The van der Waals surface area contributed by atoms with Gasteiger partial charge in [0.1, 0.15) is 0 Å². The molecule has 0 aliphatic rings. The van der Waals surface area contributed by atoms with Crippen LogP contribution in [0.25, 0.3) is 0 Å². The van der Waals surface area contributed by atoms with Gasteiger partial charge in [-0.2, -0.15) is 0 Å². The maximum Gasteiger partial charge on any atom is 0.00390 e. The summed E-state index contributed by atoms with van der Waals surface area (Å²) < 4.78 is 0. The van der Waals surface area contributed by atoms with Gasteiger partial charge in [0.2, 0.25) is 0 Å². The lowest BCUT2D eigenvalue weighted by Gasteiger charge is -2.27. The maximum absolute atomic E-state index is 6.06. The van der Waals surface area contributed by atoms with Crippen LogP contribution in [0.4, 0.5) is 0 Å². The molecule has 1 aromatic carbocycles. The third-order valence-electron chi connectivity index (χ3n) is 8.55. The molecule has 0 bridgehead atoms. The Morgan fingerprint density at radius 3 is 2.08 bits per heavy atom. The second-order valence-corrected chi connectivity index (χ2v) is 12.6. The Hall–Kier alpha value is -1.34. The fourth-order valence-electron chi connectivity index (χ4n) is 5.47. The molecule has 0 saturated heterocycles. The van der Waals surface area contributed by atoms with Gasteiger partial charge in [0.25, 0.3) is 0 Å². The van der Waals surface area contributed by atoms with E-state index in [4.69, 9.17) is 5.73 Å². The van der Waals surface area contributed by atoms with Crippen molar-refractivity contribution in [1.82, 2.24) is 0 Å². The van der Waals surface area contributed by atoms with Crippen molar-refractivity contribution in [2.45, 2.75) is 133 Å². The molecule has 0 aliphatic carbocycles. The first-order chi connectivity index (χ1) is 17.0. The molecule has 36 heavy (non-hydrogen) atoms.